The lowest BCUT2D eigenvalue weighted by molar-refractivity contribution is -0.135. The molecule has 1 N–H and O–H groups in total. The van der Waals surface area contributed by atoms with Crippen LogP contribution in [0.3, 0.4) is 0 Å². The zero-order valence-electron chi connectivity index (χ0n) is 8.24. The second kappa shape index (κ2) is 5.50. The maximum Gasteiger partial charge on any atom is 0.199 e. The SMILES string of the molecule is C=C(O)/C=C\C(=C)OC1CCCCO1. The number of hydrogen-bond donors (Lipinski definition) is 1. The average Bonchev–Trinajstić information content (AvgIpc) is 2.16. The number of aliphatic hydroxyl groups is 1. The van der Waals surface area contributed by atoms with Gasteiger partial charge in [-0.25, -0.2) is 0 Å². The molecular weight excluding hydrogens is 180 g/mol. The zero-order valence-corrected chi connectivity index (χ0v) is 8.24. The van der Waals surface area contributed by atoms with Crippen molar-refractivity contribution in [2.75, 3.05) is 6.61 Å². The van der Waals surface area contributed by atoms with Gasteiger partial charge in [-0.15, -0.1) is 0 Å². The highest BCUT2D eigenvalue weighted by Gasteiger charge is 2.14. The van der Waals surface area contributed by atoms with E-state index < -0.39 is 0 Å². The number of ether oxygens (including phenoxy) is 2. The van der Waals surface area contributed by atoms with E-state index in [1.807, 2.05) is 0 Å². The molecule has 1 saturated heterocycles. The van der Waals surface area contributed by atoms with Crippen LogP contribution in [0.4, 0.5) is 0 Å². The van der Waals surface area contributed by atoms with Crippen molar-refractivity contribution in [3.8, 4) is 0 Å². The van der Waals surface area contributed by atoms with Crippen molar-refractivity contribution in [2.45, 2.75) is 25.6 Å². The molecule has 1 unspecified atom stereocenters. The predicted molar refractivity (Wildman–Crippen MR) is 54.7 cm³/mol. The molecular formula is C11H16O3. The monoisotopic (exact) mass is 196 g/mol. The van der Waals surface area contributed by atoms with E-state index in [0.29, 0.717) is 5.76 Å². The van der Waals surface area contributed by atoms with Gasteiger partial charge in [0.2, 0.25) is 0 Å². The average molecular weight is 196 g/mol. The molecule has 0 spiro atoms. The van der Waals surface area contributed by atoms with E-state index in [1.165, 1.54) is 6.08 Å². The first-order valence-electron chi connectivity index (χ1n) is 4.71. The minimum atomic E-state index is -0.187. The molecule has 0 aliphatic carbocycles. The summed E-state index contributed by atoms with van der Waals surface area (Å²) < 4.78 is 10.7. The number of allylic oxidation sites excluding steroid dienone is 2. The summed E-state index contributed by atoms with van der Waals surface area (Å²) in [6, 6.07) is 0. The topological polar surface area (TPSA) is 38.7 Å². The van der Waals surface area contributed by atoms with Gasteiger partial charge in [-0.1, -0.05) is 13.2 Å². The summed E-state index contributed by atoms with van der Waals surface area (Å²) in [6.45, 7) is 7.74. The van der Waals surface area contributed by atoms with Crippen molar-refractivity contribution < 1.29 is 14.6 Å². The van der Waals surface area contributed by atoms with E-state index in [4.69, 9.17) is 14.6 Å². The van der Waals surface area contributed by atoms with E-state index in [-0.39, 0.29) is 12.0 Å². The fourth-order valence-corrected chi connectivity index (χ4v) is 1.20. The second-order valence-electron chi connectivity index (χ2n) is 3.20. The number of hydrogen-bond acceptors (Lipinski definition) is 3. The lowest BCUT2D eigenvalue weighted by atomic mass is 10.2. The van der Waals surface area contributed by atoms with E-state index in [2.05, 4.69) is 13.2 Å². The Hall–Kier alpha value is -1.22. The van der Waals surface area contributed by atoms with E-state index in [1.54, 1.807) is 6.08 Å². The first-order valence-corrected chi connectivity index (χ1v) is 4.71. The third kappa shape index (κ3) is 4.14. The molecule has 1 fully saturated rings. The van der Waals surface area contributed by atoms with Gasteiger partial charge in [0, 0.05) is 6.42 Å². The Balaban J connectivity index is 2.28. The molecule has 14 heavy (non-hydrogen) atoms. The standard InChI is InChI=1S/C11H16O3/c1-9(12)6-7-10(2)14-11-5-3-4-8-13-11/h6-7,11-12H,1-5,8H2/b7-6-. The van der Waals surface area contributed by atoms with Crippen molar-refractivity contribution in [3.63, 3.8) is 0 Å². The molecule has 0 aromatic rings. The van der Waals surface area contributed by atoms with E-state index in [0.717, 1.165) is 25.9 Å². The molecule has 0 radical (unpaired) electrons. The molecule has 3 heteroatoms. The lowest BCUT2D eigenvalue weighted by Crippen LogP contribution is -2.21. The van der Waals surface area contributed by atoms with Crippen LogP contribution in [0.1, 0.15) is 19.3 Å². The molecule has 3 nitrogen and oxygen atoms in total. The fourth-order valence-electron chi connectivity index (χ4n) is 1.20. The molecule has 0 saturated carbocycles. The fraction of sp³-hybridized carbons (Fsp3) is 0.455. The largest absolute Gasteiger partial charge is 0.509 e. The van der Waals surface area contributed by atoms with Crippen LogP contribution < -0.4 is 0 Å². The summed E-state index contributed by atoms with van der Waals surface area (Å²) in [7, 11) is 0. The van der Waals surface area contributed by atoms with Gasteiger partial charge in [-0.2, -0.15) is 0 Å². The van der Waals surface area contributed by atoms with Crippen molar-refractivity contribution >= 4 is 0 Å². The summed E-state index contributed by atoms with van der Waals surface area (Å²) in [5.41, 5.74) is 0. The number of rotatable bonds is 4. The highest BCUT2D eigenvalue weighted by molar-refractivity contribution is 5.16. The third-order valence-corrected chi connectivity index (χ3v) is 1.88. The van der Waals surface area contributed by atoms with Crippen molar-refractivity contribution in [1.82, 2.24) is 0 Å². The summed E-state index contributed by atoms with van der Waals surface area (Å²) in [4.78, 5) is 0. The Labute approximate surface area is 84.3 Å². The van der Waals surface area contributed by atoms with Gasteiger partial charge < -0.3 is 14.6 Å². The van der Waals surface area contributed by atoms with E-state index in [9.17, 15) is 0 Å². The molecule has 78 valence electrons. The van der Waals surface area contributed by atoms with E-state index >= 15 is 0 Å². The first-order chi connectivity index (χ1) is 6.68. The molecule has 0 amide bonds. The highest BCUT2D eigenvalue weighted by Crippen LogP contribution is 2.16. The van der Waals surface area contributed by atoms with Crippen LogP contribution in [0.5, 0.6) is 0 Å². The Morgan fingerprint density at radius 2 is 2.14 bits per heavy atom. The van der Waals surface area contributed by atoms with Gasteiger partial charge in [0.05, 0.1) is 6.61 Å². The molecule has 1 atom stereocenters. The van der Waals surface area contributed by atoms with Crippen molar-refractivity contribution in [3.05, 3.63) is 36.8 Å². The normalized spacial score (nSPS) is 22.1. The molecule has 0 aromatic heterocycles. The Kier molecular flexibility index (Phi) is 4.26. The molecule has 1 aliphatic heterocycles. The van der Waals surface area contributed by atoms with Crippen LogP contribution >= 0.6 is 0 Å². The van der Waals surface area contributed by atoms with Crippen LogP contribution in [0.25, 0.3) is 0 Å². The Morgan fingerprint density at radius 1 is 1.36 bits per heavy atom. The van der Waals surface area contributed by atoms with Gasteiger partial charge in [0.25, 0.3) is 0 Å². The summed E-state index contributed by atoms with van der Waals surface area (Å²) in [5, 5.41) is 8.80. The molecule has 0 aromatic carbocycles. The van der Waals surface area contributed by atoms with Gasteiger partial charge in [0.1, 0.15) is 11.5 Å². The third-order valence-electron chi connectivity index (χ3n) is 1.88. The maximum atomic E-state index is 8.80. The minimum Gasteiger partial charge on any atom is -0.509 e. The maximum absolute atomic E-state index is 8.80. The molecule has 1 heterocycles. The molecule has 0 bridgehead atoms. The quantitative estimate of drug-likeness (QED) is 0.555. The Bertz CT molecular complexity index is 237. The smallest absolute Gasteiger partial charge is 0.199 e. The van der Waals surface area contributed by atoms with Gasteiger partial charge in [0.15, 0.2) is 6.29 Å². The summed E-state index contributed by atoms with van der Waals surface area (Å²) in [6.07, 6.45) is 5.93. The second-order valence-corrected chi connectivity index (χ2v) is 3.20. The molecule has 1 aliphatic rings. The van der Waals surface area contributed by atoms with Crippen LogP contribution in [-0.2, 0) is 9.47 Å². The van der Waals surface area contributed by atoms with Gasteiger partial charge >= 0.3 is 0 Å². The van der Waals surface area contributed by atoms with Crippen LogP contribution in [0, 0.1) is 0 Å². The van der Waals surface area contributed by atoms with Crippen molar-refractivity contribution in [1.29, 1.82) is 0 Å². The Morgan fingerprint density at radius 3 is 2.71 bits per heavy atom. The van der Waals surface area contributed by atoms with Crippen LogP contribution in [0.2, 0.25) is 0 Å². The van der Waals surface area contributed by atoms with Crippen molar-refractivity contribution in [2.24, 2.45) is 0 Å². The van der Waals surface area contributed by atoms with Crippen LogP contribution in [0.15, 0.2) is 36.8 Å². The number of aliphatic hydroxyl groups excluding tert-OH is 1. The predicted octanol–water partition coefficient (Wildman–Crippen LogP) is 2.67. The van der Waals surface area contributed by atoms with Gasteiger partial charge in [-0.3, -0.25) is 0 Å². The lowest BCUT2D eigenvalue weighted by Gasteiger charge is -2.23. The first kappa shape index (κ1) is 10.9. The zero-order chi connectivity index (χ0) is 10.4. The minimum absolute atomic E-state index is 0.0145. The van der Waals surface area contributed by atoms with Crippen LogP contribution in [-0.4, -0.2) is 18.0 Å². The summed E-state index contributed by atoms with van der Waals surface area (Å²) in [5.74, 6) is 0.464. The summed E-state index contributed by atoms with van der Waals surface area (Å²) >= 11 is 0. The van der Waals surface area contributed by atoms with Gasteiger partial charge in [-0.05, 0) is 25.0 Å². The molecule has 1 rings (SSSR count). The highest BCUT2D eigenvalue weighted by atomic mass is 16.7.